The molecule has 0 saturated carbocycles. The van der Waals surface area contributed by atoms with E-state index < -0.39 is 22.2 Å². The van der Waals surface area contributed by atoms with Gasteiger partial charge in [0.1, 0.15) is 9.77 Å². The van der Waals surface area contributed by atoms with E-state index >= 15 is 0 Å². The summed E-state index contributed by atoms with van der Waals surface area (Å²) in [5.74, 6) is -0.778. The van der Waals surface area contributed by atoms with Crippen LogP contribution in [0.2, 0.25) is 0 Å². The van der Waals surface area contributed by atoms with E-state index in [2.05, 4.69) is 0 Å². The van der Waals surface area contributed by atoms with Crippen LogP contribution in [0.15, 0.2) is 40.6 Å². The molecule has 0 saturated heterocycles. The van der Waals surface area contributed by atoms with Crippen LogP contribution in [0.3, 0.4) is 0 Å². The summed E-state index contributed by atoms with van der Waals surface area (Å²) in [7, 11) is -4.52. The van der Waals surface area contributed by atoms with Crippen molar-refractivity contribution >= 4 is 39.2 Å². The smallest absolute Gasteiger partial charge is 0.439 e. The third-order valence-corrected chi connectivity index (χ3v) is 5.80. The third kappa shape index (κ3) is 4.85. The van der Waals surface area contributed by atoms with E-state index in [1.807, 2.05) is 0 Å². The molecular formula is C17H19NO7S2. The minimum atomic E-state index is -4.52. The van der Waals surface area contributed by atoms with Gasteiger partial charge in [-0.25, -0.2) is 9.59 Å². The standard InChI is InChI=1S/C17H19NO7S2/c1-4-23-16(19)14-15(12(3)11-26-14)27(21,22)25-18(17(20)24-5-2)13-9-7-6-8-10-13/h6-11H,4-5H2,1-3H3. The van der Waals surface area contributed by atoms with Crippen LogP contribution in [0.25, 0.3) is 0 Å². The summed E-state index contributed by atoms with van der Waals surface area (Å²) in [5, 5.41) is 2.03. The van der Waals surface area contributed by atoms with Gasteiger partial charge in [0, 0.05) is 0 Å². The Balaban J connectivity index is 2.45. The molecule has 0 aliphatic rings. The number of anilines is 1. The lowest BCUT2D eigenvalue weighted by atomic mass is 10.3. The number of hydrogen-bond donors (Lipinski definition) is 0. The van der Waals surface area contributed by atoms with Crippen molar-refractivity contribution < 1.29 is 31.8 Å². The summed E-state index contributed by atoms with van der Waals surface area (Å²) in [6.07, 6.45) is -1.00. The number of carbonyl (C=O) groups is 2. The first kappa shape index (κ1) is 20.9. The zero-order valence-corrected chi connectivity index (χ0v) is 16.6. The molecule has 1 heterocycles. The molecule has 27 heavy (non-hydrogen) atoms. The highest BCUT2D eigenvalue weighted by Gasteiger charge is 2.33. The van der Waals surface area contributed by atoms with Crippen LogP contribution in [0.1, 0.15) is 29.1 Å². The highest BCUT2D eigenvalue weighted by atomic mass is 32.2. The predicted octanol–water partition coefficient (Wildman–Crippen LogP) is 3.52. The largest absolute Gasteiger partial charge is 0.462 e. The van der Waals surface area contributed by atoms with E-state index in [-0.39, 0.29) is 28.7 Å². The molecule has 146 valence electrons. The van der Waals surface area contributed by atoms with Gasteiger partial charge in [0.25, 0.3) is 0 Å². The van der Waals surface area contributed by atoms with E-state index in [4.69, 9.17) is 13.8 Å². The van der Waals surface area contributed by atoms with E-state index in [9.17, 15) is 18.0 Å². The van der Waals surface area contributed by atoms with Crippen LogP contribution >= 0.6 is 11.3 Å². The molecule has 0 spiro atoms. The molecule has 1 amide bonds. The average Bonchev–Trinajstić information content (AvgIpc) is 3.03. The first-order chi connectivity index (χ1) is 12.8. The molecule has 10 heteroatoms. The number of benzene rings is 1. The number of aryl methyl sites for hydroxylation is 1. The first-order valence-electron chi connectivity index (χ1n) is 8.03. The normalized spacial score (nSPS) is 11.1. The van der Waals surface area contributed by atoms with Gasteiger partial charge in [0.05, 0.1) is 18.9 Å². The van der Waals surface area contributed by atoms with Crippen LogP contribution < -0.4 is 5.06 Å². The third-order valence-electron chi connectivity index (χ3n) is 3.23. The van der Waals surface area contributed by atoms with Crippen LogP contribution in [0.5, 0.6) is 0 Å². The van der Waals surface area contributed by atoms with E-state index in [1.165, 1.54) is 24.4 Å². The number of rotatable bonds is 7. The van der Waals surface area contributed by atoms with Gasteiger partial charge < -0.3 is 9.47 Å². The quantitative estimate of drug-likeness (QED) is 0.506. The average molecular weight is 413 g/mol. The topological polar surface area (TPSA) is 99.2 Å². The predicted molar refractivity (Wildman–Crippen MR) is 99.2 cm³/mol. The Morgan fingerprint density at radius 3 is 2.30 bits per heavy atom. The fraction of sp³-hybridized carbons (Fsp3) is 0.294. The lowest BCUT2D eigenvalue weighted by Crippen LogP contribution is -2.34. The molecule has 0 unspecified atom stereocenters. The molecule has 2 rings (SSSR count). The van der Waals surface area contributed by atoms with E-state index in [1.54, 1.807) is 32.0 Å². The monoisotopic (exact) mass is 413 g/mol. The molecule has 0 fully saturated rings. The molecule has 0 atom stereocenters. The van der Waals surface area contributed by atoms with E-state index in [0.29, 0.717) is 10.6 Å². The lowest BCUT2D eigenvalue weighted by molar-refractivity contribution is 0.0527. The number of hydrogen-bond acceptors (Lipinski definition) is 8. The van der Waals surface area contributed by atoms with Crippen LogP contribution in [0.4, 0.5) is 10.5 Å². The molecule has 0 radical (unpaired) electrons. The number of para-hydroxylation sites is 1. The summed E-state index contributed by atoms with van der Waals surface area (Å²) >= 11 is 0.924. The van der Waals surface area contributed by atoms with Crippen molar-refractivity contribution in [2.75, 3.05) is 18.3 Å². The lowest BCUT2D eigenvalue weighted by Gasteiger charge is -2.20. The van der Waals surface area contributed by atoms with Crippen LogP contribution in [-0.2, 0) is 23.9 Å². The first-order valence-corrected chi connectivity index (χ1v) is 10.3. The summed E-state index contributed by atoms with van der Waals surface area (Å²) in [5.41, 5.74) is 0.463. The van der Waals surface area contributed by atoms with Crippen molar-refractivity contribution in [1.82, 2.24) is 0 Å². The molecule has 1 aromatic carbocycles. The van der Waals surface area contributed by atoms with Gasteiger partial charge in [0.2, 0.25) is 0 Å². The summed E-state index contributed by atoms with van der Waals surface area (Å²) in [6.45, 7) is 4.83. The number of ether oxygens (including phenoxy) is 2. The second-order valence-corrected chi connectivity index (χ2v) is 7.50. The summed E-state index contributed by atoms with van der Waals surface area (Å²) < 4.78 is 40.6. The Kier molecular flexibility index (Phi) is 6.94. The number of nitrogens with zero attached hydrogens (tertiary/aromatic N) is 1. The highest BCUT2D eigenvalue weighted by Crippen LogP contribution is 2.31. The van der Waals surface area contributed by atoms with E-state index in [0.717, 1.165) is 11.3 Å². The van der Waals surface area contributed by atoms with Crippen molar-refractivity contribution in [3.8, 4) is 0 Å². The summed E-state index contributed by atoms with van der Waals surface area (Å²) in [6, 6.07) is 7.89. The van der Waals surface area contributed by atoms with Crippen LogP contribution in [0, 0.1) is 6.92 Å². The Bertz CT molecular complexity index is 907. The molecular weight excluding hydrogens is 394 g/mol. The van der Waals surface area contributed by atoms with Crippen molar-refractivity contribution in [2.24, 2.45) is 0 Å². The molecule has 0 aliphatic heterocycles. The van der Waals surface area contributed by atoms with Crippen molar-refractivity contribution in [3.63, 3.8) is 0 Å². The number of amides is 1. The van der Waals surface area contributed by atoms with Gasteiger partial charge >= 0.3 is 22.2 Å². The van der Waals surface area contributed by atoms with Gasteiger partial charge in [-0.2, -0.15) is 8.42 Å². The van der Waals surface area contributed by atoms with Gasteiger partial charge in [-0.1, -0.05) is 18.2 Å². The molecule has 2 aromatic rings. The van der Waals surface area contributed by atoms with Crippen molar-refractivity contribution in [3.05, 3.63) is 46.2 Å². The molecule has 1 aromatic heterocycles. The summed E-state index contributed by atoms with van der Waals surface area (Å²) in [4.78, 5) is 23.8. The molecule has 0 bridgehead atoms. The Labute approximate surface area is 161 Å². The maximum absolute atomic E-state index is 12.9. The minimum absolute atomic E-state index is 0.0249. The highest BCUT2D eigenvalue weighted by molar-refractivity contribution is 7.87. The zero-order valence-electron chi connectivity index (χ0n) is 15.0. The number of thiophene rings is 1. The van der Waals surface area contributed by atoms with Crippen LogP contribution in [-0.4, -0.2) is 33.7 Å². The second kappa shape index (κ2) is 8.98. The maximum Gasteiger partial charge on any atom is 0.439 e. The molecule has 8 nitrogen and oxygen atoms in total. The minimum Gasteiger partial charge on any atom is -0.462 e. The zero-order chi connectivity index (χ0) is 20.0. The van der Waals surface area contributed by atoms with Crippen molar-refractivity contribution in [1.29, 1.82) is 0 Å². The van der Waals surface area contributed by atoms with Gasteiger partial charge in [-0.15, -0.1) is 20.7 Å². The SMILES string of the molecule is CCOC(=O)c1scc(C)c1S(=O)(=O)ON(C(=O)OCC)c1ccccc1. The Hall–Kier alpha value is -2.43. The fourth-order valence-electron chi connectivity index (χ4n) is 2.14. The fourth-order valence-corrected chi connectivity index (χ4v) is 4.68. The van der Waals surface area contributed by atoms with Gasteiger partial charge in [0.15, 0.2) is 0 Å². The second-order valence-electron chi connectivity index (χ2n) is 5.15. The Morgan fingerprint density at radius 1 is 1.07 bits per heavy atom. The molecule has 0 aliphatic carbocycles. The number of hydroxylamine groups is 1. The molecule has 0 N–H and O–H groups in total. The van der Waals surface area contributed by atoms with Gasteiger partial charge in [-0.05, 0) is 43.8 Å². The number of esters is 1. The van der Waals surface area contributed by atoms with Gasteiger partial charge in [-0.3, -0.25) is 0 Å². The van der Waals surface area contributed by atoms with Crippen molar-refractivity contribution in [2.45, 2.75) is 25.7 Å². The maximum atomic E-state index is 12.9. The Morgan fingerprint density at radius 2 is 1.70 bits per heavy atom. The number of carbonyl (C=O) groups excluding carboxylic acids is 2.